The molecule has 2 heterocycles. The molecular weight excluding hydrogens is 196 g/mol. The predicted molar refractivity (Wildman–Crippen MR) is 56.5 cm³/mol. The summed E-state index contributed by atoms with van der Waals surface area (Å²) in [5.41, 5.74) is 6.86. The van der Waals surface area contributed by atoms with Gasteiger partial charge < -0.3 is 5.73 Å². The summed E-state index contributed by atoms with van der Waals surface area (Å²) in [6, 6.07) is 0. The number of hydrogen-bond acceptors (Lipinski definition) is 4. The molecule has 0 aliphatic heterocycles. The summed E-state index contributed by atoms with van der Waals surface area (Å²) >= 11 is 1.63. The van der Waals surface area contributed by atoms with E-state index < -0.39 is 0 Å². The topological polar surface area (TPSA) is 56.2 Å². The van der Waals surface area contributed by atoms with Crippen molar-refractivity contribution in [2.24, 2.45) is 0 Å². The van der Waals surface area contributed by atoms with E-state index in [1.165, 1.54) is 31.4 Å². The van der Waals surface area contributed by atoms with Gasteiger partial charge in [0.05, 0.1) is 5.69 Å². The van der Waals surface area contributed by atoms with Crippen LogP contribution in [0.5, 0.6) is 0 Å². The fourth-order valence-corrected chi connectivity index (χ4v) is 3.12. The number of rotatable bonds is 1. The first-order valence-corrected chi connectivity index (χ1v) is 5.82. The number of aromatic nitrogens is 3. The molecule has 1 aliphatic carbocycles. The zero-order valence-electron chi connectivity index (χ0n) is 7.81. The summed E-state index contributed by atoms with van der Waals surface area (Å²) in [5.74, 6) is 1.06. The minimum Gasteiger partial charge on any atom is -0.366 e. The molecule has 0 radical (unpaired) electrons. The van der Waals surface area contributed by atoms with Gasteiger partial charge in [-0.25, -0.2) is 4.52 Å². The minimum atomic E-state index is 0.385. The molecule has 0 spiro atoms. The molecule has 1 fully saturated rings. The monoisotopic (exact) mass is 208 g/mol. The Morgan fingerprint density at radius 3 is 3.00 bits per heavy atom. The van der Waals surface area contributed by atoms with E-state index in [0.717, 1.165) is 4.96 Å². The van der Waals surface area contributed by atoms with Crippen molar-refractivity contribution in [3.8, 4) is 0 Å². The van der Waals surface area contributed by atoms with Gasteiger partial charge in [0.2, 0.25) is 10.9 Å². The minimum absolute atomic E-state index is 0.385. The average Bonchev–Trinajstić information content (AvgIpc) is 2.77. The first-order chi connectivity index (χ1) is 6.84. The Labute approximate surface area is 85.8 Å². The molecule has 3 rings (SSSR count). The van der Waals surface area contributed by atoms with Crippen molar-refractivity contribution in [2.45, 2.75) is 31.6 Å². The second-order valence-corrected chi connectivity index (χ2v) is 4.64. The number of nitrogen functional groups attached to an aromatic ring is 1. The summed E-state index contributed by atoms with van der Waals surface area (Å²) in [4.78, 5) is 5.07. The summed E-state index contributed by atoms with van der Waals surface area (Å²) in [6.07, 6.45) is 5.25. The van der Waals surface area contributed by atoms with Crippen LogP contribution in [-0.4, -0.2) is 14.6 Å². The highest BCUT2D eigenvalue weighted by Crippen LogP contribution is 2.35. The Morgan fingerprint density at radius 2 is 2.21 bits per heavy atom. The van der Waals surface area contributed by atoms with Crippen molar-refractivity contribution in [3.63, 3.8) is 0 Å². The quantitative estimate of drug-likeness (QED) is 0.780. The molecule has 1 aliphatic rings. The van der Waals surface area contributed by atoms with Crippen molar-refractivity contribution in [1.82, 2.24) is 14.6 Å². The van der Waals surface area contributed by atoms with Gasteiger partial charge in [0.15, 0.2) is 0 Å². The van der Waals surface area contributed by atoms with Crippen LogP contribution in [0.1, 0.15) is 37.3 Å². The van der Waals surface area contributed by atoms with Crippen molar-refractivity contribution in [2.75, 3.05) is 5.73 Å². The van der Waals surface area contributed by atoms with E-state index in [4.69, 9.17) is 5.73 Å². The fraction of sp³-hybridized carbons (Fsp3) is 0.556. The molecule has 0 unspecified atom stereocenters. The molecule has 0 atom stereocenters. The molecule has 0 amide bonds. The number of nitrogens with zero attached hydrogens (tertiary/aromatic N) is 3. The maximum Gasteiger partial charge on any atom is 0.241 e. The van der Waals surface area contributed by atoms with Gasteiger partial charge in [0, 0.05) is 11.3 Å². The van der Waals surface area contributed by atoms with Crippen LogP contribution >= 0.6 is 11.3 Å². The molecule has 5 heteroatoms. The Balaban J connectivity index is 2.10. The van der Waals surface area contributed by atoms with Crippen molar-refractivity contribution in [1.29, 1.82) is 0 Å². The molecular formula is C9H12N4S. The van der Waals surface area contributed by atoms with E-state index in [1.54, 1.807) is 11.3 Å². The third kappa shape index (κ3) is 1.12. The largest absolute Gasteiger partial charge is 0.366 e. The Morgan fingerprint density at radius 1 is 1.43 bits per heavy atom. The molecule has 14 heavy (non-hydrogen) atoms. The van der Waals surface area contributed by atoms with Crippen LogP contribution in [0.4, 0.5) is 5.95 Å². The Bertz CT molecular complexity index is 452. The van der Waals surface area contributed by atoms with Gasteiger partial charge in [-0.3, -0.25) is 0 Å². The van der Waals surface area contributed by atoms with Gasteiger partial charge >= 0.3 is 0 Å². The number of anilines is 1. The highest BCUT2D eigenvalue weighted by Gasteiger charge is 2.21. The molecule has 4 nitrogen and oxygen atoms in total. The van der Waals surface area contributed by atoms with Gasteiger partial charge in [0.25, 0.3) is 0 Å². The third-order valence-electron chi connectivity index (χ3n) is 2.90. The van der Waals surface area contributed by atoms with Crippen LogP contribution in [0.25, 0.3) is 4.96 Å². The molecule has 0 aromatic carbocycles. The van der Waals surface area contributed by atoms with Crippen LogP contribution in [-0.2, 0) is 0 Å². The lowest BCUT2D eigenvalue weighted by Gasteiger charge is -2.05. The lowest BCUT2D eigenvalue weighted by Crippen LogP contribution is -1.99. The van der Waals surface area contributed by atoms with Gasteiger partial charge in [-0.1, -0.05) is 12.8 Å². The molecule has 2 N–H and O–H groups in total. The second kappa shape index (κ2) is 2.95. The van der Waals surface area contributed by atoms with Crippen LogP contribution < -0.4 is 5.73 Å². The standard InChI is InChI=1S/C9H12N4S/c10-8-11-9-13(12-8)7(5-14-9)6-3-1-2-4-6/h5-6H,1-4H2,(H2,10,12). The Kier molecular flexibility index (Phi) is 1.73. The number of fused-ring (bicyclic) bond motifs is 1. The maximum atomic E-state index is 5.57. The number of thiazole rings is 1. The fourth-order valence-electron chi connectivity index (χ4n) is 2.21. The molecule has 1 saturated carbocycles. The molecule has 2 aromatic rings. The summed E-state index contributed by atoms with van der Waals surface area (Å²) in [6.45, 7) is 0. The first-order valence-electron chi connectivity index (χ1n) is 4.94. The highest BCUT2D eigenvalue weighted by molar-refractivity contribution is 7.15. The number of hydrogen-bond donors (Lipinski definition) is 1. The van der Waals surface area contributed by atoms with E-state index in [-0.39, 0.29) is 0 Å². The van der Waals surface area contributed by atoms with E-state index in [1.807, 2.05) is 4.52 Å². The lowest BCUT2D eigenvalue weighted by atomic mass is 10.1. The molecule has 74 valence electrons. The van der Waals surface area contributed by atoms with Gasteiger partial charge in [-0.2, -0.15) is 4.98 Å². The number of nitrogens with two attached hydrogens (primary N) is 1. The van der Waals surface area contributed by atoms with E-state index in [9.17, 15) is 0 Å². The van der Waals surface area contributed by atoms with Crippen LogP contribution in [0.15, 0.2) is 5.38 Å². The second-order valence-electron chi connectivity index (χ2n) is 3.81. The molecule has 0 saturated heterocycles. The maximum absolute atomic E-state index is 5.57. The van der Waals surface area contributed by atoms with Gasteiger partial charge in [-0.05, 0) is 12.8 Å². The van der Waals surface area contributed by atoms with Crippen LogP contribution in [0, 0.1) is 0 Å². The van der Waals surface area contributed by atoms with E-state index >= 15 is 0 Å². The van der Waals surface area contributed by atoms with Crippen molar-refractivity contribution < 1.29 is 0 Å². The SMILES string of the molecule is Nc1nc2scc(C3CCCC3)n2n1. The zero-order valence-corrected chi connectivity index (χ0v) is 8.63. The van der Waals surface area contributed by atoms with Gasteiger partial charge in [0.1, 0.15) is 0 Å². The van der Waals surface area contributed by atoms with Crippen molar-refractivity contribution >= 4 is 22.2 Å². The smallest absolute Gasteiger partial charge is 0.241 e. The summed E-state index contributed by atoms with van der Waals surface area (Å²) in [5, 5.41) is 6.38. The molecule has 2 aromatic heterocycles. The van der Waals surface area contributed by atoms with Crippen LogP contribution in [0.3, 0.4) is 0 Å². The first kappa shape index (κ1) is 8.23. The molecule has 0 bridgehead atoms. The predicted octanol–water partition coefficient (Wildman–Crippen LogP) is 2.03. The van der Waals surface area contributed by atoms with Crippen molar-refractivity contribution in [3.05, 3.63) is 11.1 Å². The normalized spacial score (nSPS) is 18.3. The van der Waals surface area contributed by atoms with E-state index in [2.05, 4.69) is 15.5 Å². The van der Waals surface area contributed by atoms with E-state index in [0.29, 0.717) is 11.9 Å². The zero-order chi connectivity index (χ0) is 9.54. The summed E-state index contributed by atoms with van der Waals surface area (Å²) in [7, 11) is 0. The highest BCUT2D eigenvalue weighted by atomic mass is 32.1. The average molecular weight is 208 g/mol. The Hall–Kier alpha value is -1.10. The van der Waals surface area contributed by atoms with Gasteiger partial charge in [-0.15, -0.1) is 16.4 Å². The van der Waals surface area contributed by atoms with Crippen LogP contribution in [0.2, 0.25) is 0 Å². The third-order valence-corrected chi connectivity index (χ3v) is 3.73. The summed E-state index contributed by atoms with van der Waals surface area (Å²) < 4.78 is 1.91. The lowest BCUT2D eigenvalue weighted by molar-refractivity contribution is 0.672.